The number of amides is 1. The molecule has 0 unspecified atom stereocenters. The lowest BCUT2D eigenvalue weighted by Gasteiger charge is -2.06. The zero-order chi connectivity index (χ0) is 13.5. The first-order valence-corrected chi connectivity index (χ1v) is 6.56. The van der Waals surface area contributed by atoms with Crippen LogP contribution in [0.15, 0.2) is 47.1 Å². The molecule has 0 atom stereocenters. The van der Waals surface area contributed by atoms with Gasteiger partial charge in [0.2, 0.25) is 5.91 Å². The predicted octanol–water partition coefficient (Wildman–Crippen LogP) is 1.97. The van der Waals surface area contributed by atoms with Gasteiger partial charge in [0.25, 0.3) is 0 Å². The fourth-order valence-electron chi connectivity index (χ4n) is 1.47. The van der Waals surface area contributed by atoms with E-state index in [2.05, 4.69) is 36.8 Å². The van der Waals surface area contributed by atoms with E-state index >= 15 is 0 Å². The van der Waals surface area contributed by atoms with E-state index in [4.69, 9.17) is 0 Å². The summed E-state index contributed by atoms with van der Waals surface area (Å²) in [6, 6.07) is 11.1. The lowest BCUT2D eigenvalue weighted by Crippen LogP contribution is -2.28. The number of aromatic nitrogens is 2. The maximum atomic E-state index is 11.7. The summed E-state index contributed by atoms with van der Waals surface area (Å²) in [6.45, 7) is 0.744. The summed E-state index contributed by atoms with van der Waals surface area (Å²) in [5.41, 5.74) is 1.58. The van der Waals surface area contributed by atoms with Crippen LogP contribution in [0.4, 0.5) is 5.69 Å². The molecule has 0 radical (unpaired) electrons. The van der Waals surface area contributed by atoms with Crippen LogP contribution < -0.4 is 10.6 Å². The Labute approximate surface area is 119 Å². The molecule has 2 aromatic rings. The van der Waals surface area contributed by atoms with E-state index in [1.165, 1.54) is 0 Å². The molecule has 0 aliphatic rings. The molecule has 0 fully saturated rings. The Balaban J connectivity index is 1.74. The van der Waals surface area contributed by atoms with Crippen LogP contribution in [0.2, 0.25) is 0 Å². The molecule has 6 heteroatoms. The fourth-order valence-corrected chi connectivity index (χ4v) is 1.73. The normalized spacial score (nSPS) is 10.2. The quantitative estimate of drug-likeness (QED) is 0.883. The molecular weight excluding hydrogens is 308 g/mol. The molecule has 5 nitrogen and oxygen atoms in total. The van der Waals surface area contributed by atoms with Crippen molar-refractivity contribution in [1.82, 2.24) is 15.5 Å². The van der Waals surface area contributed by atoms with Crippen LogP contribution in [0, 0.1) is 0 Å². The van der Waals surface area contributed by atoms with Crippen LogP contribution in [-0.4, -0.2) is 22.6 Å². The van der Waals surface area contributed by atoms with E-state index in [1.807, 2.05) is 36.4 Å². The van der Waals surface area contributed by atoms with E-state index < -0.39 is 0 Å². The highest BCUT2D eigenvalue weighted by Gasteiger charge is 2.02. The molecule has 1 amide bonds. The summed E-state index contributed by atoms with van der Waals surface area (Å²) in [5, 5.41) is 13.5. The molecule has 19 heavy (non-hydrogen) atoms. The monoisotopic (exact) mass is 320 g/mol. The van der Waals surface area contributed by atoms with Crippen molar-refractivity contribution in [3.8, 4) is 0 Å². The van der Waals surface area contributed by atoms with Crippen molar-refractivity contribution in [1.29, 1.82) is 0 Å². The molecule has 0 saturated heterocycles. The van der Waals surface area contributed by atoms with Crippen molar-refractivity contribution >= 4 is 27.5 Å². The number of carbonyl (C=O) groups is 1. The van der Waals surface area contributed by atoms with Gasteiger partial charge in [-0.3, -0.25) is 4.79 Å². The predicted molar refractivity (Wildman–Crippen MR) is 76.5 cm³/mol. The van der Waals surface area contributed by atoms with Gasteiger partial charge in [-0.25, -0.2) is 0 Å². The van der Waals surface area contributed by atoms with Gasteiger partial charge in [0, 0.05) is 22.9 Å². The second-order valence-corrected chi connectivity index (χ2v) is 4.79. The second kappa shape index (κ2) is 6.96. The Morgan fingerprint density at radius 1 is 1.21 bits per heavy atom. The number of anilines is 1. The minimum atomic E-state index is -0.0915. The molecule has 0 saturated carbocycles. The lowest BCUT2D eigenvalue weighted by molar-refractivity contribution is -0.115. The topological polar surface area (TPSA) is 66.9 Å². The largest absolute Gasteiger partial charge is 0.325 e. The zero-order valence-electron chi connectivity index (χ0n) is 10.1. The van der Waals surface area contributed by atoms with Gasteiger partial charge in [0.1, 0.15) is 0 Å². The first-order chi connectivity index (χ1) is 9.24. The SMILES string of the molecule is O=C(CNCc1cccnn1)Nc1ccc(Br)cc1. The van der Waals surface area contributed by atoms with E-state index in [0.717, 1.165) is 15.9 Å². The van der Waals surface area contributed by atoms with Crippen molar-refractivity contribution in [3.63, 3.8) is 0 Å². The first-order valence-electron chi connectivity index (χ1n) is 5.77. The smallest absolute Gasteiger partial charge is 0.238 e. The van der Waals surface area contributed by atoms with Gasteiger partial charge in [0.05, 0.1) is 12.2 Å². The summed E-state index contributed by atoms with van der Waals surface area (Å²) in [4.78, 5) is 11.7. The van der Waals surface area contributed by atoms with Crippen LogP contribution in [0.5, 0.6) is 0 Å². The molecule has 0 aliphatic heterocycles. The summed E-state index contributed by atoms with van der Waals surface area (Å²) in [7, 11) is 0. The van der Waals surface area contributed by atoms with Gasteiger partial charge in [-0.1, -0.05) is 15.9 Å². The van der Waals surface area contributed by atoms with Crippen molar-refractivity contribution in [2.24, 2.45) is 0 Å². The van der Waals surface area contributed by atoms with Gasteiger partial charge >= 0.3 is 0 Å². The maximum absolute atomic E-state index is 11.7. The Morgan fingerprint density at radius 3 is 2.68 bits per heavy atom. The van der Waals surface area contributed by atoms with Gasteiger partial charge in [0.15, 0.2) is 0 Å². The minimum Gasteiger partial charge on any atom is -0.325 e. The molecule has 0 bridgehead atoms. The summed E-state index contributed by atoms with van der Waals surface area (Å²) >= 11 is 3.34. The number of benzene rings is 1. The average Bonchev–Trinajstić information content (AvgIpc) is 2.43. The van der Waals surface area contributed by atoms with Crippen molar-refractivity contribution in [2.45, 2.75) is 6.54 Å². The lowest BCUT2D eigenvalue weighted by atomic mass is 10.3. The first kappa shape index (κ1) is 13.6. The Bertz CT molecular complexity index is 530. The minimum absolute atomic E-state index is 0.0915. The number of hydrogen-bond donors (Lipinski definition) is 2. The Morgan fingerprint density at radius 2 is 2.00 bits per heavy atom. The van der Waals surface area contributed by atoms with Gasteiger partial charge in [-0.2, -0.15) is 10.2 Å². The third-order valence-electron chi connectivity index (χ3n) is 2.35. The molecule has 1 aromatic carbocycles. The summed E-state index contributed by atoms with van der Waals surface area (Å²) in [6.07, 6.45) is 1.61. The zero-order valence-corrected chi connectivity index (χ0v) is 11.7. The van der Waals surface area contributed by atoms with Crippen LogP contribution in [0.3, 0.4) is 0 Å². The molecule has 2 rings (SSSR count). The molecule has 1 heterocycles. The number of carbonyl (C=O) groups excluding carboxylic acids is 1. The van der Waals surface area contributed by atoms with Crippen molar-refractivity contribution < 1.29 is 4.79 Å². The second-order valence-electron chi connectivity index (χ2n) is 3.87. The van der Waals surface area contributed by atoms with E-state index in [9.17, 15) is 4.79 Å². The third kappa shape index (κ3) is 4.76. The van der Waals surface area contributed by atoms with Crippen LogP contribution in [0.1, 0.15) is 5.69 Å². The fraction of sp³-hybridized carbons (Fsp3) is 0.154. The number of hydrogen-bond acceptors (Lipinski definition) is 4. The molecular formula is C13H13BrN4O. The summed E-state index contributed by atoms with van der Waals surface area (Å²) < 4.78 is 0.978. The number of rotatable bonds is 5. The van der Waals surface area contributed by atoms with Crippen LogP contribution in [0.25, 0.3) is 0 Å². The maximum Gasteiger partial charge on any atom is 0.238 e. The molecule has 0 aliphatic carbocycles. The van der Waals surface area contributed by atoms with E-state index in [0.29, 0.717) is 6.54 Å². The average molecular weight is 321 g/mol. The highest BCUT2D eigenvalue weighted by atomic mass is 79.9. The highest BCUT2D eigenvalue weighted by Crippen LogP contribution is 2.13. The number of nitrogens with one attached hydrogen (secondary N) is 2. The standard InChI is InChI=1S/C13H13BrN4O/c14-10-3-5-11(6-4-10)17-13(19)9-15-8-12-2-1-7-16-18-12/h1-7,15H,8-9H2,(H,17,19). The van der Waals surface area contributed by atoms with Crippen molar-refractivity contribution in [3.05, 3.63) is 52.8 Å². The van der Waals surface area contributed by atoms with Gasteiger partial charge in [-0.05, 0) is 36.4 Å². The summed E-state index contributed by atoms with van der Waals surface area (Å²) in [5.74, 6) is -0.0915. The Hall–Kier alpha value is -1.79. The van der Waals surface area contributed by atoms with E-state index in [-0.39, 0.29) is 12.5 Å². The van der Waals surface area contributed by atoms with Crippen molar-refractivity contribution in [2.75, 3.05) is 11.9 Å². The number of halogens is 1. The van der Waals surface area contributed by atoms with Gasteiger partial charge < -0.3 is 10.6 Å². The van der Waals surface area contributed by atoms with Gasteiger partial charge in [-0.15, -0.1) is 0 Å². The number of nitrogens with zero attached hydrogens (tertiary/aromatic N) is 2. The molecule has 1 aromatic heterocycles. The van der Waals surface area contributed by atoms with Crippen LogP contribution in [-0.2, 0) is 11.3 Å². The molecule has 98 valence electrons. The van der Waals surface area contributed by atoms with Crippen LogP contribution >= 0.6 is 15.9 Å². The highest BCUT2D eigenvalue weighted by molar-refractivity contribution is 9.10. The third-order valence-corrected chi connectivity index (χ3v) is 2.88. The van der Waals surface area contributed by atoms with E-state index in [1.54, 1.807) is 6.20 Å². The Kier molecular flexibility index (Phi) is 5.00. The molecule has 2 N–H and O–H groups in total. The molecule has 0 spiro atoms.